The molecule has 10 heteroatoms. The van der Waals surface area contributed by atoms with Crippen LogP contribution in [0.5, 0.6) is 0 Å². The fourth-order valence-electron chi connectivity index (χ4n) is 5.40. The number of rotatable bonds is 8. The second kappa shape index (κ2) is 11.5. The number of fused-ring (bicyclic) bond motifs is 2. The van der Waals surface area contributed by atoms with Gasteiger partial charge in [0.2, 0.25) is 12.3 Å². The molecule has 1 N–H and O–H groups in total. The number of nitrogens with zero attached hydrogens (tertiary/aromatic N) is 5. The van der Waals surface area contributed by atoms with Crippen molar-refractivity contribution < 1.29 is 18.8 Å². The van der Waals surface area contributed by atoms with Gasteiger partial charge in [-0.1, -0.05) is 48.5 Å². The normalized spacial score (nSPS) is 17.3. The maximum atomic E-state index is 14.1. The molecule has 1 aliphatic heterocycles. The van der Waals surface area contributed by atoms with Gasteiger partial charge in [-0.3, -0.25) is 9.59 Å². The molecule has 1 fully saturated rings. The number of piperazine rings is 1. The standard InChI is InChI=1S/C30H30N6O4/c1-32-30(39)36(14-13-31)33(2)28-19-34(18-24-8-5-7-22-6-3-4-9-25(22)24)29(38)26(35(28)20-37)17-21-10-11-27-23(16-21)12-15-40-27/h3-12,15-16,20,26,28H,14,17-19H2,1-2H3,(H,32,39)/t26-,28+/m0/s1. The number of urea groups is 1. The average Bonchev–Trinajstić information content (AvgIpc) is 3.45. The Hall–Kier alpha value is -4.88. The number of hydrazine groups is 1. The number of furan rings is 1. The Kier molecular flexibility index (Phi) is 7.66. The molecule has 1 aromatic heterocycles. The Bertz CT molecular complexity index is 1590. The smallest absolute Gasteiger partial charge is 0.332 e. The third-order valence-electron chi connectivity index (χ3n) is 7.47. The number of benzene rings is 3. The lowest BCUT2D eigenvalue weighted by atomic mass is 9.98. The van der Waals surface area contributed by atoms with E-state index >= 15 is 0 Å². The van der Waals surface area contributed by atoms with Crippen LogP contribution in [0.15, 0.2) is 77.4 Å². The molecular weight excluding hydrogens is 508 g/mol. The van der Waals surface area contributed by atoms with E-state index in [4.69, 9.17) is 4.42 Å². The summed E-state index contributed by atoms with van der Waals surface area (Å²) in [4.78, 5) is 42.5. The van der Waals surface area contributed by atoms with Crippen LogP contribution < -0.4 is 5.32 Å². The van der Waals surface area contributed by atoms with E-state index in [0.717, 1.165) is 32.9 Å². The number of amides is 4. The first-order valence-electron chi connectivity index (χ1n) is 13.0. The minimum Gasteiger partial charge on any atom is -0.464 e. The van der Waals surface area contributed by atoms with Crippen LogP contribution in [-0.4, -0.2) is 77.6 Å². The molecule has 0 unspecified atom stereocenters. The molecule has 40 heavy (non-hydrogen) atoms. The van der Waals surface area contributed by atoms with Crippen LogP contribution in [-0.2, 0) is 22.6 Å². The summed E-state index contributed by atoms with van der Waals surface area (Å²) in [5.74, 6) is -0.191. The number of carbonyl (C=O) groups is 3. The van der Waals surface area contributed by atoms with Crippen molar-refractivity contribution in [3.05, 3.63) is 84.1 Å². The minimum atomic E-state index is -0.827. The number of nitriles is 1. The van der Waals surface area contributed by atoms with Gasteiger partial charge in [0, 0.05) is 32.4 Å². The van der Waals surface area contributed by atoms with Crippen molar-refractivity contribution in [2.24, 2.45) is 0 Å². The highest BCUT2D eigenvalue weighted by Gasteiger charge is 2.43. The Morgan fingerprint density at radius 2 is 1.95 bits per heavy atom. The quantitative estimate of drug-likeness (QED) is 0.209. The first-order valence-corrected chi connectivity index (χ1v) is 13.0. The summed E-state index contributed by atoms with van der Waals surface area (Å²) in [6, 6.07) is 22.2. The molecule has 204 valence electrons. The summed E-state index contributed by atoms with van der Waals surface area (Å²) in [6.45, 7) is 0.249. The van der Waals surface area contributed by atoms with Crippen LogP contribution in [0.25, 0.3) is 21.7 Å². The largest absolute Gasteiger partial charge is 0.464 e. The number of hydrogen-bond donors (Lipinski definition) is 1. The summed E-state index contributed by atoms with van der Waals surface area (Å²) in [7, 11) is 3.12. The molecular formula is C30H30N6O4. The zero-order valence-electron chi connectivity index (χ0n) is 22.4. The maximum absolute atomic E-state index is 14.1. The van der Waals surface area contributed by atoms with E-state index in [1.807, 2.05) is 72.8 Å². The number of hydrogen-bond acceptors (Lipinski definition) is 6. The summed E-state index contributed by atoms with van der Waals surface area (Å²) in [6.07, 6.45) is 1.84. The van der Waals surface area contributed by atoms with Gasteiger partial charge in [-0.25, -0.2) is 9.80 Å². The van der Waals surface area contributed by atoms with E-state index in [2.05, 4.69) is 5.32 Å². The predicted molar refractivity (Wildman–Crippen MR) is 149 cm³/mol. The molecule has 0 bridgehead atoms. The fourth-order valence-corrected chi connectivity index (χ4v) is 5.40. The summed E-state index contributed by atoms with van der Waals surface area (Å²) in [5, 5.41) is 17.8. The third-order valence-corrected chi connectivity index (χ3v) is 7.47. The average molecular weight is 539 g/mol. The molecule has 0 radical (unpaired) electrons. The van der Waals surface area contributed by atoms with Gasteiger partial charge in [-0.05, 0) is 40.1 Å². The number of nitrogens with one attached hydrogen (secondary N) is 1. The van der Waals surface area contributed by atoms with E-state index in [0.29, 0.717) is 13.0 Å². The van der Waals surface area contributed by atoms with Crippen molar-refractivity contribution in [2.45, 2.75) is 25.2 Å². The van der Waals surface area contributed by atoms with Crippen molar-refractivity contribution in [1.29, 1.82) is 5.26 Å². The first kappa shape index (κ1) is 26.7. The van der Waals surface area contributed by atoms with Crippen LogP contribution in [0.4, 0.5) is 4.79 Å². The Morgan fingerprint density at radius 1 is 1.15 bits per heavy atom. The van der Waals surface area contributed by atoms with Gasteiger partial charge in [0.15, 0.2) is 0 Å². The van der Waals surface area contributed by atoms with Crippen LogP contribution in [0, 0.1) is 11.3 Å². The highest BCUT2D eigenvalue weighted by molar-refractivity contribution is 5.88. The van der Waals surface area contributed by atoms with Crippen LogP contribution in [0.1, 0.15) is 11.1 Å². The van der Waals surface area contributed by atoms with Crippen LogP contribution >= 0.6 is 0 Å². The van der Waals surface area contributed by atoms with Crippen molar-refractivity contribution >= 4 is 40.1 Å². The van der Waals surface area contributed by atoms with Gasteiger partial charge in [0.25, 0.3) is 0 Å². The van der Waals surface area contributed by atoms with Gasteiger partial charge < -0.3 is 19.5 Å². The highest BCUT2D eigenvalue weighted by atomic mass is 16.3. The predicted octanol–water partition coefficient (Wildman–Crippen LogP) is 3.34. The van der Waals surface area contributed by atoms with Crippen LogP contribution in [0.3, 0.4) is 0 Å². The molecule has 1 aliphatic rings. The van der Waals surface area contributed by atoms with Crippen molar-refractivity contribution in [3.8, 4) is 6.07 Å². The van der Waals surface area contributed by atoms with Gasteiger partial charge in [-0.2, -0.15) is 10.3 Å². The number of likely N-dealkylation sites (N-methyl/N-ethyl adjacent to an activating group) is 1. The molecule has 0 saturated carbocycles. The Balaban J connectivity index is 1.53. The van der Waals surface area contributed by atoms with Gasteiger partial charge >= 0.3 is 6.03 Å². The van der Waals surface area contributed by atoms with Gasteiger partial charge in [0.1, 0.15) is 24.3 Å². The van der Waals surface area contributed by atoms with Crippen molar-refractivity contribution in [1.82, 2.24) is 25.1 Å². The van der Waals surface area contributed by atoms with Gasteiger partial charge in [-0.15, -0.1) is 0 Å². The zero-order chi connectivity index (χ0) is 28.2. The topological polar surface area (TPSA) is 113 Å². The monoisotopic (exact) mass is 538 g/mol. The molecule has 2 heterocycles. The first-order chi connectivity index (χ1) is 19.4. The maximum Gasteiger partial charge on any atom is 0.332 e. The van der Waals surface area contributed by atoms with Crippen molar-refractivity contribution in [2.75, 3.05) is 27.2 Å². The van der Waals surface area contributed by atoms with Crippen LogP contribution in [0.2, 0.25) is 0 Å². The van der Waals surface area contributed by atoms with Gasteiger partial charge in [0.05, 0.1) is 18.9 Å². The molecule has 0 aliphatic carbocycles. The third kappa shape index (κ3) is 5.07. The fraction of sp³-hybridized carbons (Fsp3) is 0.267. The molecule has 1 saturated heterocycles. The van der Waals surface area contributed by atoms with E-state index < -0.39 is 18.2 Å². The molecule has 5 rings (SSSR count). The Morgan fingerprint density at radius 3 is 2.73 bits per heavy atom. The van der Waals surface area contributed by atoms with E-state index in [9.17, 15) is 19.6 Å². The lowest BCUT2D eigenvalue weighted by molar-refractivity contribution is -0.166. The molecule has 10 nitrogen and oxygen atoms in total. The van der Waals surface area contributed by atoms with E-state index in [1.54, 1.807) is 23.2 Å². The summed E-state index contributed by atoms with van der Waals surface area (Å²) < 4.78 is 5.46. The van der Waals surface area contributed by atoms with Crippen molar-refractivity contribution in [3.63, 3.8) is 0 Å². The SMILES string of the molecule is CNC(=O)N(CC#N)N(C)[C@H]1CN(Cc2cccc3ccccc23)C(=O)[C@H](Cc2ccc3occc3c2)N1C=O. The lowest BCUT2D eigenvalue weighted by Gasteiger charge is -2.49. The summed E-state index contributed by atoms with van der Waals surface area (Å²) in [5.41, 5.74) is 2.58. The molecule has 4 aromatic rings. The summed E-state index contributed by atoms with van der Waals surface area (Å²) >= 11 is 0. The molecule has 0 spiro atoms. The lowest BCUT2D eigenvalue weighted by Crippen LogP contribution is -2.69. The second-order valence-corrected chi connectivity index (χ2v) is 9.75. The molecule has 3 aromatic carbocycles. The highest BCUT2D eigenvalue weighted by Crippen LogP contribution is 2.27. The molecule has 4 amide bonds. The van der Waals surface area contributed by atoms with E-state index in [-0.39, 0.29) is 25.4 Å². The minimum absolute atomic E-state index is 0.146. The Labute approximate surface area is 231 Å². The van der Waals surface area contributed by atoms with E-state index in [1.165, 1.54) is 17.0 Å². The number of carbonyl (C=O) groups excluding carboxylic acids is 3. The molecule has 2 atom stereocenters. The zero-order valence-corrected chi connectivity index (χ0v) is 22.4. The second-order valence-electron chi connectivity index (χ2n) is 9.75.